The third kappa shape index (κ3) is 5.01. The molecule has 2 heterocycles. The minimum Gasteiger partial charge on any atom is -0.466 e. The van der Waals surface area contributed by atoms with Crippen molar-refractivity contribution in [1.29, 1.82) is 0 Å². The molecule has 2 amide bonds. The summed E-state index contributed by atoms with van der Waals surface area (Å²) >= 11 is 12.3. The summed E-state index contributed by atoms with van der Waals surface area (Å²) in [6, 6.07) is 13.9. The highest BCUT2D eigenvalue weighted by molar-refractivity contribution is 6.31. The van der Waals surface area contributed by atoms with E-state index >= 15 is 0 Å². The summed E-state index contributed by atoms with van der Waals surface area (Å²) in [6.45, 7) is 3.60. The van der Waals surface area contributed by atoms with Crippen LogP contribution in [0.5, 0.6) is 0 Å². The summed E-state index contributed by atoms with van der Waals surface area (Å²) in [4.78, 5) is 29.6. The summed E-state index contributed by atoms with van der Waals surface area (Å²) in [5, 5.41) is 6.87. The first-order valence-electron chi connectivity index (χ1n) is 10.3. The number of carbonyl (C=O) groups is 2. The quantitative estimate of drug-likeness (QED) is 0.647. The minimum absolute atomic E-state index is 0.366. The number of anilines is 1. The molecule has 0 radical (unpaired) electrons. The van der Waals surface area contributed by atoms with Gasteiger partial charge < -0.3 is 20.3 Å². The fourth-order valence-electron chi connectivity index (χ4n) is 4.09. The van der Waals surface area contributed by atoms with Gasteiger partial charge in [-0.05, 0) is 35.9 Å². The maximum Gasteiger partial charge on any atom is 0.338 e. The van der Waals surface area contributed by atoms with E-state index in [1.165, 1.54) is 7.11 Å². The van der Waals surface area contributed by atoms with Crippen molar-refractivity contribution in [2.24, 2.45) is 0 Å². The van der Waals surface area contributed by atoms with E-state index < -0.39 is 12.0 Å². The lowest BCUT2D eigenvalue weighted by molar-refractivity contribution is -0.136. The van der Waals surface area contributed by atoms with Crippen molar-refractivity contribution >= 4 is 40.9 Å². The van der Waals surface area contributed by atoms with Gasteiger partial charge in [0.25, 0.3) is 0 Å². The lowest BCUT2D eigenvalue weighted by Crippen LogP contribution is -2.51. The van der Waals surface area contributed by atoms with E-state index in [9.17, 15) is 9.59 Å². The molecular weight excluding hydrogens is 451 g/mol. The summed E-state index contributed by atoms with van der Waals surface area (Å²) < 4.78 is 5.05. The highest BCUT2D eigenvalue weighted by Gasteiger charge is 2.34. The topological polar surface area (TPSA) is 73.9 Å². The highest BCUT2D eigenvalue weighted by atomic mass is 35.5. The zero-order valence-corrected chi connectivity index (χ0v) is 19.1. The molecule has 4 rings (SSSR count). The Kier molecular flexibility index (Phi) is 6.89. The van der Waals surface area contributed by atoms with Gasteiger partial charge in [-0.2, -0.15) is 0 Å². The predicted molar refractivity (Wildman–Crippen MR) is 125 cm³/mol. The van der Waals surface area contributed by atoms with Crippen molar-refractivity contribution in [1.82, 2.24) is 15.5 Å². The van der Waals surface area contributed by atoms with Gasteiger partial charge in [0.2, 0.25) is 0 Å². The molecule has 1 saturated heterocycles. The van der Waals surface area contributed by atoms with Crippen LogP contribution in [-0.2, 0) is 9.53 Å². The number of nitrogens with zero attached hydrogens (tertiary/aromatic N) is 2. The number of carbonyl (C=O) groups excluding carboxylic acids is 2. The Labute approximate surface area is 196 Å². The monoisotopic (exact) mass is 474 g/mol. The average Bonchev–Trinajstić information content (AvgIpc) is 2.79. The van der Waals surface area contributed by atoms with Gasteiger partial charge in [0.1, 0.15) is 0 Å². The SMILES string of the molecule is COC(=O)C1=C(CN2CCN(c3cccc(Cl)c3)CC2)NC(=O)NC1c1cccc(Cl)c1. The van der Waals surface area contributed by atoms with Gasteiger partial charge in [0.05, 0.1) is 18.7 Å². The largest absolute Gasteiger partial charge is 0.466 e. The maximum atomic E-state index is 12.7. The number of esters is 1. The number of nitrogens with one attached hydrogen (secondary N) is 2. The van der Waals surface area contributed by atoms with E-state index in [-0.39, 0.29) is 6.03 Å². The third-order valence-electron chi connectivity index (χ3n) is 5.67. The normalized spacial score (nSPS) is 19.4. The Bertz CT molecular complexity index is 1050. The van der Waals surface area contributed by atoms with Crippen LogP contribution < -0.4 is 15.5 Å². The van der Waals surface area contributed by atoms with Crippen molar-refractivity contribution in [3.63, 3.8) is 0 Å². The van der Waals surface area contributed by atoms with Gasteiger partial charge in [-0.3, -0.25) is 4.90 Å². The van der Waals surface area contributed by atoms with Crippen LogP contribution in [-0.4, -0.2) is 56.7 Å². The van der Waals surface area contributed by atoms with Crippen molar-refractivity contribution in [2.75, 3.05) is 44.7 Å². The fraction of sp³-hybridized carbons (Fsp3) is 0.304. The van der Waals surface area contributed by atoms with E-state index in [0.29, 0.717) is 27.9 Å². The second-order valence-corrected chi connectivity index (χ2v) is 8.59. The van der Waals surface area contributed by atoms with Crippen LogP contribution in [0.1, 0.15) is 11.6 Å². The zero-order valence-electron chi connectivity index (χ0n) is 17.6. The summed E-state index contributed by atoms with van der Waals surface area (Å²) in [6.07, 6.45) is 0. The molecule has 0 saturated carbocycles. The number of benzene rings is 2. The summed E-state index contributed by atoms with van der Waals surface area (Å²) in [5.74, 6) is -0.491. The Morgan fingerprint density at radius 2 is 1.75 bits per heavy atom. The minimum atomic E-state index is -0.641. The van der Waals surface area contributed by atoms with Crippen LogP contribution in [0.3, 0.4) is 0 Å². The van der Waals surface area contributed by atoms with Gasteiger partial charge in [0.15, 0.2) is 0 Å². The second-order valence-electron chi connectivity index (χ2n) is 7.71. The zero-order chi connectivity index (χ0) is 22.7. The highest BCUT2D eigenvalue weighted by Crippen LogP contribution is 2.30. The molecular formula is C23H24Cl2N4O3. The first-order valence-corrected chi connectivity index (χ1v) is 11.1. The van der Waals surface area contributed by atoms with E-state index in [0.717, 1.165) is 37.4 Å². The summed E-state index contributed by atoms with van der Waals surface area (Å²) in [7, 11) is 1.34. The number of ether oxygens (including phenoxy) is 1. The lowest BCUT2D eigenvalue weighted by atomic mass is 9.95. The Morgan fingerprint density at radius 1 is 1.06 bits per heavy atom. The van der Waals surface area contributed by atoms with Crippen LogP contribution in [0.4, 0.5) is 10.5 Å². The number of urea groups is 1. The molecule has 2 aromatic carbocycles. The van der Waals surface area contributed by atoms with Gasteiger partial charge in [-0.25, -0.2) is 9.59 Å². The smallest absolute Gasteiger partial charge is 0.338 e. The van der Waals surface area contributed by atoms with Crippen LogP contribution in [0.2, 0.25) is 10.0 Å². The Balaban J connectivity index is 1.55. The molecule has 0 spiro atoms. The lowest BCUT2D eigenvalue weighted by Gasteiger charge is -2.38. The number of piperazine rings is 1. The number of methoxy groups -OCH3 is 1. The molecule has 1 unspecified atom stereocenters. The molecule has 0 aromatic heterocycles. The molecule has 32 heavy (non-hydrogen) atoms. The van der Waals surface area contributed by atoms with E-state index in [2.05, 4.69) is 20.4 Å². The van der Waals surface area contributed by atoms with E-state index in [4.69, 9.17) is 27.9 Å². The first-order chi connectivity index (χ1) is 15.4. The number of halogens is 2. The second kappa shape index (κ2) is 9.81. The van der Waals surface area contributed by atoms with Crippen molar-refractivity contribution in [3.8, 4) is 0 Å². The molecule has 1 fully saturated rings. The Hall–Kier alpha value is -2.74. The molecule has 0 aliphatic carbocycles. The molecule has 2 aromatic rings. The van der Waals surface area contributed by atoms with Crippen molar-refractivity contribution in [2.45, 2.75) is 6.04 Å². The number of hydrogen-bond donors (Lipinski definition) is 2. The third-order valence-corrected chi connectivity index (χ3v) is 6.14. The molecule has 2 N–H and O–H groups in total. The van der Waals surface area contributed by atoms with Gasteiger partial charge in [0, 0.05) is 54.2 Å². The number of rotatable bonds is 5. The molecule has 2 aliphatic rings. The van der Waals surface area contributed by atoms with E-state index in [1.54, 1.807) is 18.2 Å². The number of hydrogen-bond acceptors (Lipinski definition) is 5. The summed E-state index contributed by atoms with van der Waals surface area (Å²) in [5.41, 5.74) is 2.73. The molecule has 2 aliphatic heterocycles. The average molecular weight is 475 g/mol. The van der Waals surface area contributed by atoms with Crippen LogP contribution in [0.15, 0.2) is 59.8 Å². The number of amides is 2. The molecule has 7 nitrogen and oxygen atoms in total. The van der Waals surface area contributed by atoms with Crippen LogP contribution in [0, 0.1) is 0 Å². The van der Waals surface area contributed by atoms with Crippen molar-refractivity contribution in [3.05, 3.63) is 75.4 Å². The van der Waals surface area contributed by atoms with Gasteiger partial charge >= 0.3 is 12.0 Å². The molecule has 9 heteroatoms. The Morgan fingerprint density at radius 3 is 2.41 bits per heavy atom. The molecule has 0 bridgehead atoms. The molecule has 168 valence electrons. The maximum absolute atomic E-state index is 12.7. The van der Waals surface area contributed by atoms with Gasteiger partial charge in [-0.15, -0.1) is 0 Å². The molecule has 1 atom stereocenters. The van der Waals surface area contributed by atoms with Gasteiger partial charge in [-0.1, -0.05) is 41.4 Å². The standard InChI is InChI=1S/C23H24Cl2N4O3/c1-32-22(30)20-19(26-23(31)27-21(20)15-4-2-5-16(24)12-15)14-28-8-10-29(11-9-28)18-7-3-6-17(25)13-18/h2-7,12-13,21H,8-11,14H2,1H3,(H2,26,27,31). The van der Waals surface area contributed by atoms with Crippen LogP contribution >= 0.6 is 23.2 Å². The fourth-order valence-corrected chi connectivity index (χ4v) is 4.47. The van der Waals surface area contributed by atoms with E-state index in [1.807, 2.05) is 30.3 Å². The first kappa shape index (κ1) is 22.5. The van der Waals surface area contributed by atoms with Crippen LogP contribution in [0.25, 0.3) is 0 Å². The predicted octanol–water partition coefficient (Wildman–Crippen LogP) is 3.60. The van der Waals surface area contributed by atoms with Crippen molar-refractivity contribution < 1.29 is 14.3 Å².